The lowest BCUT2D eigenvalue weighted by Crippen LogP contribution is -2.11. The molecule has 0 atom stereocenters. The molecule has 0 saturated carbocycles. The number of carbonyl (C=O) groups excluding carboxylic acids is 2. The second kappa shape index (κ2) is 5.68. The van der Waals surface area contributed by atoms with Crippen LogP contribution in [0, 0.1) is 0 Å². The van der Waals surface area contributed by atoms with Crippen molar-refractivity contribution in [1.29, 1.82) is 0 Å². The van der Waals surface area contributed by atoms with Gasteiger partial charge in [0, 0.05) is 6.42 Å². The lowest BCUT2D eigenvalue weighted by atomic mass is 9.99. The molecule has 0 fully saturated rings. The molecule has 2 nitrogen and oxygen atoms in total. The number of rotatable bonds is 5. The molecule has 0 radical (unpaired) electrons. The van der Waals surface area contributed by atoms with E-state index in [0.717, 1.165) is 18.4 Å². The van der Waals surface area contributed by atoms with Gasteiger partial charge < -0.3 is 0 Å². The number of hydrogen-bond acceptors (Lipinski definition) is 2. The van der Waals surface area contributed by atoms with Crippen LogP contribution in [0.1, 0.15) is 47.0 Å². The molecule has 0 rings (SSSR count). The van der Waals surface area contributed by atoms with Crippen LogP contribution in [0.2, 0.25) is 0 Å². The van der Waals surface area contributed by atoms with E-state index in [1.165, 1.54) is 6.92 Å². The normalized spacial score (nSPS) is 9.54. The molecule has 0 unspecified atom stereocenters. The van der Waals surface area contributed by atoms with Gasteiger partial charge in [0.25, 0.3) is 0 Å². The molecule has 2 heteroatoms. The van der Waals surface area contributed by atoms with E-state index in [1.54, 1.807) is 13.8 Å². The first-order chi connectivity index (χ1) is 6.00. The zero-order valence-corrected chi connectivity index (χ0v) is 8.94. The Hall–Kier alpha value is -0.920. The van der Waals surface area contributed by atoms with Crippen molar-refractivity contribution in [2.45, 2.75) is 47.0 Å². The van der Waals surface area contributed by atoms with Crippen LogP contribution in [0.15, 0.2) is 11.1 Å². The first-order valence-electron chi connectivity index (χ1n) is 4.72. The van der Waals surface area contributed by atoms with Crippen LogP contribution in [-0.2, 0) is 9.59 Å². The molecule has 0 N–H and O–H groups in total. The van der Waals surface area contributed by atoms with Crippen molar-refractivity contribution in [2.24, 2.45) is 0 Å². The zero-order chi connectivity index (χ0) is 10.4. The second-order valence-electron chi connectivity index (χ2n) is 3.46. The van der Waals surface area contributed by atoms with E-state index in [1.807, 2.05) is 6.92 Å². The summed E-state index contributed by atoms with van der Waals surface area (Å²) in [5, 5.41) is 0. The minimum atomic E-state index is -0.110. The van der Waals surface area contributed by atoms with E-state index in [9.17, 15) is 9.59 Å². The van der Waals surface area contributed by atoms with Gasteiger partial charge in [0.15, 0.2) is 11.6 Å². The predicted octanol–water partition coefficient (Wildman–Crippen LogP) is 2.67. The highest BCUT2D eigenvalue weighted by molar-refractivity contribution is 6.19. The molecule has 0 heterocycles. The van der Waals surface area contributed by atoms with Gasteiger partial charge in [0.05, 0.1) is 5.57 Å². The number of unbranched alkanes of at least 4 members (excludes halogenated alkanes) is 1. The highest BCUT2D eigenvalue weighted by Crippen LogP contribution is 2.10. The van der Waals surface area contributed by atoms with Gasteiger partial charge in [-0.15, -0.1) is 0 Å². The van der Waals surface area contributed by atoms with E-state index in [-0.39, 0.29) is 11.6 Å². The minimum Gasteiger partial charge on any atom is -0.294 e. The maximum atomic E-state index is 11.5. The van der Waals surface area contributed by atoms with Gasteiger partial charge in [-0.1, -0.05) is 18.9 Å². The zero-order valence-electron chi connectivity index (χ0n) is 8.94. The third-order valence-electron chi connectivity index (χ3n) is 1.89. The van der Waals surface area contributed by atoms with Crippen LogP contribution in [-0.4, -0.2) is 11.6 Å². The molecule has 0 aliphatic rings. The van der Waals surface area contributed by atoms with Crippen LogP contribution in [0.5, 0.6) is 0 Å². The summed E-state index contributed by atoms with van der Waals surface area (Å²) >= 11 is 0. The second-order valence-corrected chi connectivity index (χ2v) is 3.46. The Morgan fingerprint density at radius 1 is 1.08 bits per heavy atom. The topological polar surface area (TPSA) is 34.1 Å². The highest BCUT2D eigenvalue weighted by atomic mass is 16.1. The molecule has 0 aliphatic heterocycles. The third-order valence-corrected chi connectivity index (χ3v) is 1.89. The largest absolute Gasteiger partial charge is 0.294 e. The van der Waals surface area contributed by atoms with Crippen LogP contribution >= 0.6 is 0 Å². The monoisotopic (exact) mass is 182 g/mol. The summed E-state index contributed by atoms with van der Waals surface area (Å²) in [6, 6.07) is 0. The fourth-order valence-electron chi connectivity index (χ4n) is 1.29. The molecule has 0 aromatic heterocycles. The molecule has 0 saturated heterocycles. The van der Waals surface area contributed by atoms with Gasteiger partial charge in [0.1, 0.15) is 0 Å². The average molecular weight is 182 g/mol. The Bertz CT molecular complexity index is 232. The Balaban J connectivity index is 4.51. The van der Waals surface area contributed by atoms with E-state index in [2.05, 4.69) is 0 Å². The van der Waals surface area contributed by atoms with E-state index in [0.29, 0.717) is 12.0 Å². The van der Waals surface area contributed by atoms with Crippen LogP contribution in [0.25, 0.3) is 0 Å². The summed E-state index contributed by atoms with van der Waals surface area (Å²) in [6.07, 6.45) is 2.35. The van der Waals surface area contributed by atoms with Gasteiger partial charge in [-0.2, -0.15) is 0 Å². The summed E-state index contributed by atoms with van der Waals surface area (Å²) in [4.78, 5) is 22.6. The van der Waals surface area contributed by atoms with Gasteiger partial charge in [-0.05, 0) is 27.2 Å². The summed E-state index contributed by atoms with van der Waals surface area (Å²) in [6.45, 7) is 7.09. The Labute approximate surface area is 80.0 Å². The third kappa shape index (κ3) is 4.02. The van der Waals surface area contributed by atoms with Crippen molar-refractivity contribution in [3.63, 3.8) is 0 Å². The number of allylic oxidation sites excluding steroid dienone is 2. The molecular formula is C11H18O2. The number of ketones is 2. The van der Waals surface area contributed by atoms with Crippen LogP contribution in [0.3, 0.4) is 0 Å². The van der Waals surface area contributed by atoms with Gasteiger partial charge in [-0.3, -0.25) is 9.59 Å². The summed E-state index contributed by atoms with van der Waals surface area (Å²) in [5.74, 6) is -0.115. The van der Waals surface area contributed by atoms with E-state index < -0.39 is 0 Å². The average Bonchev–Trinajstić information content (AvgIpc) is 1.99. The van der Waals surface area contributed by atoms with Crippen molar-refractivity contribution >= 4 is 11.6 Å². The smallest absolute Gasteiger partial charge is 0.166 e. The van der Waals surface area contributed by atoms with E-state index in [4.69, 9.17) is 0 Å². The SMILES string of the molecule is CCCCC(=O)C(C(C)=O)=C(C)C. The fraction of sp³-hybridized carbons (Fsp3) is 0.636. The first kappa shape index (κ1) is 12.1. The van der Waals surface area contributed by atoms with Gasteiger partial charge in [-0.25, -0.2) is 0 Å². The van der Waals surface area contributed by atoms with Crippen molar-refractivity contribution in [2.75, 3.05) is 0 Å². The molecule has 13 heavy (non-hydrogen) atoms. The summed E-state index contributed by atoms with van der Waals surface area (Å²) < 4.78 is 0. The van der Waals surface area contributed by atoms with Gasteiger partial charge >= 0.3 is 0 Å². The minimum absolute atomic E-state index is 0.00523. The molecule has 0 amide bonds. The summed E-state index contributed by atoms with van der Waals surface area (Å²) in [7, 11) is 0. The number of carbonyl (C=O) groups is 2. The lowest BCUT2D eigenvalue weighted by Gasteiger charge is -2.04. The summed E-state index contributed by atoms with van der Waals surface area (Å²) in [5.41, 5.74) is 1.22. The van der Waals surface area contributed by atoms with Crippen molar-refractivity contribution in [3.8, 4) is 0 Å². The molecule has 0 aliphatic carbocycles. The molecular weight excluding hydrogens is 164 g/mol. The molecule has 0 spiro atoms. The Kier molecular flexibility index (Phi) is 5.28. The standard InChI is InChI=1S/C11H18O2/c1-5-6-7-10(13)11(8(2)3)9(4)12/h5-7H2,1-4H3. The van der Waals surface area contributed by atoms with Crippen molar-refractivity contribution < 1.29 is 9.59 Å². The molecule has 74 valence electrons. The van der Waals surface area contributed by atoms with E-state index >= 15 is 0 Å². The molecule has 0 bridgehead atoms. The first-order valence-corrected chi connectivity index (χ1v) is 4.72. The molecule has 0 aromatic rings. The van der Waals surface area contributed by atoms with Crippen LogP contribution < -0.4 is 0 Å². The quantitative estimate of drug-likeness (QED) is 0.372. The van der Waals surface area contributed by atoms with Crippen molar-refractivity contribution in [3.05, 3.63) is 11.1 Å². The van der Waals surface area contributed by atoms with Crippen LogP contribution in [0.4, 0.5) is 0 Å². The Morgan fingerprint density at radius 2 is 1.62 bits per heavy atom. The number of hydrogen-bond donors (Lipinski definition) is 0. The molecule has 0 aromatic carbocycles. The number of Topliss-reactive ketones (excluding diaryl/α,β-unsaturated/α-hetero) is 2. The Morgan fingerprint density at radius 3 is 1.92 bits per heavy atom. The highest BCUT2D eigenvalue weighted by Gasteiger charge is 2.14. The predicted molar refractivity (Wildman–Crippen MR) is 53.6 cm³/mol. The maximum absolute atomic E-state index is 11.5. The maximum Gasteiger partial charge on any atom is 0.166 e. The lowest BCUT2D eigenvalue weighted by molar-refractivity contribution is -0.120. The fourth-order valence-corrected chi connectivity index (χ4v) is 1.29. The van der Waals surface area contributed by atoms with Crippen molar-refractivity contribution in [1.82, 2.24) is 0 Å². The van der Waals surface area contributed by atoms with Gasteiger partial charge in [0.2, 0.25) is 0 Å².